The Labute approximate surface area is 165 Å². The van der Waals surface area contributed by atoms with Crippen LogP contribution in [0.1, 0.15) is 24.5 Å². The zero-order valence-electron chi connectivity index (χ0n) is 15.1. The molecule has 27 heavy (non-hydrogen) atoms. The minimum atomic E-state index is -0.604. The van der Waals surface area contributed by atoms with Gasteiger partial charge in [-0.3, -0.25) is 4.79 Å². The summed E-state index contributed by atoms with van der Waals surface area (Å²) in [4.78, 5) is 12.7. The van der Waals surface area contributed by atoms with Gasteiger partial charge in [-0.1, -0.05) is 72.0 Å². The lowest BCUT2D eigenvalue weighted by molar-refractivity contribution is -0.116. The molecule has 3 heteroatoms. The van der Waals surface area contributed by atoms with Crippen molar-refractivity contribution in [2.45, 2.75) is 18.8 Å². The van der Waals surface area contributed by atoms with Crippen molar-refractivity contribution in [1.82, 2.24) is 0 Å². The van der Waals surface area contributed by atoms with Gasteiger partial charge in [0.25, 0.3) is 0 Å². The van der Waals surface area contributed by atoms with E-state index in [1.807, 2.05) is 67.6 Å². The molecule has 0 saturated heterocycles. The molecule has 0 spiro atoms. The summed E-state index contributed by atoms with van der Waals surface area (Å²) in [5.74, 6) is 6.44. The lowest BCUT2D eigenvalue weighted by Gasteiger charge is -2.24. The third-order valence-electron chi connectivity index (χ3n) is 4.31. The molecule has 1 unspecified atom stereocenters. The Morgan fingerprint density at radius 1 is 0.926 bits per heavy atom. The number of hydrogen-bond donors (Lipinski definition) is 1. The fourth-order valence-corrected chi connectivity index (χ4v) is 2.94. The molecule has 3 aromatic carbocycles. The first kappa shape index (κ1) is 18.8. The molecule has 0 aliphatic heterocycles. The maximum Gasteiger partial charge on any atom is 0.226 e. The standard InChI is InChI=1S/C24H20ClNO/c1-24(20-10-6-3-7-11-20,17-16-19-8-4-2-5-9-19)18-23(27)26-22-14-12-21(25)13-15-22/h2-15H,18H2,1H3,(H,26,27). The predicted molar refractivity (Wildman–Crippen MR) is 112 cm³/mol. The van der Waals surface area contributed by atoms with Gasteiger partial charge in [0, 0.05) is 22.7 Å². The summed E-state index contributed by atoms with van der Waals surface area (Å²) >= 11 is 5.90. The van der Waals surface area contributed by atoms with Crippen molar-refractivity contribution >= 4 is 23.2 Å². The Morgan fingerprint density at radius 3 is 2.15 bits per heavy atom. The second kappa shape index (κ2) is 8.58. The van der Waals surface area contributed by atoms with Crippen molar-refractivity contribution in [1.29, 1.82) is 0 Å². The number of rotatable bonds is 4. The van der Waals surface area contributed by atoms with Crippen LogP contribution in [0.25, 0.3) is 0 Å². The van der Waals surface area contributed by atoms with Crippen molar-refractivity contribution in [3.63, 3.8) is 0 Å². The summed E-state index contributed by atoms with van der Waals surface area (Å²) in [6, 6.07) is 26.8. The Bertz CT molecular complexity index is 956. The first-order valence-electron chi connectivity index (χ1n) is 8.74. The molecule has 0 bridgehead atoms. The van der Waals surface area contributed by atoms with Gasteiger partial charge < -0.3 is 5.32 Å². The number of carbonyl (C=O) groups is 1. The van der Waals surface area contributed by atoms with E-state index in [-0.39, 0.29) is 12.3 Å². The van der Waals surface area contributed by atoms with E-state index in [4.69, 9.17) is 11.6 Å². The average Bonchev–Trinajstić information content (AvgIpc) is 2.70. The Hall–Kier alpha value is -3.02. The second-order valence-electron chi connectivity index (χ2n) is 6.55. The van der Waals surface area contributed by atoms with Crippen LogP contribution in [-0.4, -0.2) is 5.91 Å². The largest absolute Gasteiger partial charge is 0.326 e. The topological polar surface area (TPSA) is 29.1 Å². The zero-order chi connectivity index (χ0) is 19.1. The van der Waals surface area contributed by atoms with Crippen LogP contribution in [0, 0.1) is 11.8 Å². The molecule has 3 aromatic rings. The van der Waals surface area contributed by atoms with Gasteiger partial charge >= 0.3 is 0 Å². The molecule has 0 aliphatic rings. The Balaban J connectivity index is 1.85. The quantitative estimate of drug-likeness (QED) is 0.586. The van der Waals surface area contributed by atoms with E-state index in [1.54, 1.807) is 24.3 Å². The molecular formula is C24H20ClNO. The minimum Gasteiger partial charge on any atom is -0.326 e. The van der Waals surface area contributed by atoms with Crippen LogP contribution in [0.3, 0.4) is 0 Å². The third kappa shape index (κ3) is 5.23. The summed E-state index contributed by atoms with van der Waals surface area (Å²) in [5.41, 5.74) is 2.06. The molecule has 0 aromatic heterocycles. The van der Waals surface area contributed by atoms with Crippen molar-refractivity contribution in [2.24, 2.45) is 0 Å². The molecule has 2 nitrogen and oxygen atoms in total. The number of benzene rings is 3. The highest BCUT2D eigenvalue weighted by Crippen LogP contribution is 2.28. The van der Waals surface area contributed by atoms with Crippen molar-refractivity contribution < 1.29 is 4.79 Å². The fourth-order valence-electron chi connectivity index (χ4n) is 2.82. The van der Waals surface area contributed by atoms with E-state index in [0.29, 0.717) is 5.02 Å². The van der Waals surface area contributed by atoms with Crippen LogP contribution in [-0.2, 0) is 10.2 Å². The SMILES string of the molecule is CC(C#Cc1ccccc1)(CC(=O)Nc1ccc(Cl)cc1)c1ccccc1. The summed E-state index contributed by atoms with van der Waals surface area (Å²) < 4.78 is 0. The fraction of sp³-hybridized carbons (Fsp3) is 0.125. The molecule has 3 rings (SSSR count). The van der Waals surface area contributed by atoms with Crippen molar-refractivity contribution in [2.75, 3.05) is 5.32 Å². The average molecular weight is 374 g/mol. The first-order valence-corrected chi connectivity index (χ1v) is 9.12. The normalized spacial score (nSPS) is 12.4. The van der Waals surface area contributed by atoms with E-state index in [9.17, 15) is 4.79 Å². The zero-order valence-corrected chi connectivity index (χ0v) is 15.8. The molecule has 1 N–H and O–H groups in total. The van der Waals surface area contributed by atoms with Crippen LogP contribution >= 0.6 is 11.6 Å². The van der Waals surface area contributed by atoms with Gasteiger partial charge in [0.05, 0.1) is 5.41 Å². The number of nitrogens with one attached hydrogen (secondary N) is 1. The number of carbonyl (C=O) groups excluding carboxylic acids is 1. The summed E-state index contributed by atoms with van der Waals surface area (Å²) in [7, 11) is 0. The van der Waals surface area contributed by atoms with Crippen LogP contribution < -0.4 is 5.32 Å². The summed E-state index contributed by atoms with van der Waals surface area (Å²) in [6.07, 6.45) is 0.249. The van der Waals surface area contributed by atoms with E-state index in [0.717, 1.165) is 16.8 Å². The number of hydrogen-bond acceptors (Lipinski definition) is 1. The second-order valence-corrected chi connectivity index (χ2v) is 6.98. The number of halogens is 1. The van der Waals surface area contributed by atoms with E-state index < -0.39 is 5.41 Å². The predicted octanol–water partition coefficient (Wildman–Crippen LogP) is 5.68. The summed E-state index contributed by atoms with van der Waals surface area (Å²) in [6.45, 7) is 2.00. The highest BCUT2D eigenvalue weighted by atomic mass is 35.5. The van der Waals surface area contributed by atoms with Gasteiger partial charge in [0.2, 0.25) is 5.91 Å². The molecule has 134 valence electrons. The maximum atomic E-state index is 12.7. The monoisotopic (exact) mass is 373 g/mol. The van der Waals surface area contributed by atoms with Gasteiger partial charge in [-0.25, -0.2) is 0 Å². The van der Waals surface area contributed by atoms with Gasteiger partial charge in [-0.05, 0) is 48.9 Å². The van der Waals surface area contributed by atoms with E-state index in [2.05, 4.69) is 17.2 Å². The molecule has 0 fully saturated rings. The van der Waals surface area contributed by atoms with Crippen LogP contribution in [0.4, 0.5) is 5.69 Å². The first-order chi connectivity index (χ1) is 13.0. The summed E-state index contributed by atoms with van der Waals surface area (Å²) in [5, 5.41) is 3.56. The lowest BCUT2D eigenvalue weighted by atomic mass is 9.79. The lowest BCUT2D eigenvalue weighted by Crippen LogP contribution is -2.27. The molecule has 1 amide bonds. The molecule has 0 aliphatic carbocycles. The van der Waals surface area contributed by atoms with Crippen LogP contribution in [0.15, 0.2) is 84.9 Å². The minimum absolute atomic E-state index is 0.0916. The molecule has 0 radical (unpaired) electrons. The van der Waals surface area contributed by atoms with Crippen LogP contribution in [0.5, 0.6) is 0 Å². The Kier molecular flexibility index (Phi) is 5.96. The highest BCUT2D eigenvalue weighted by Gasteiger charge is 2.27. The van der Waals surface area contributed by atoms with Gasteiger partial charge in [0.15, 0.2) is 0 Å². The molecular weight excluding hydrogens is 354 g/mol. The van der Waals surface area contributed by atoms with Crippen molar-refractivity contribution in [3.05, 3.63) is 101 Å². The van der Waals surface area contributed by atoms with Crippen molar-refractivity contribution in [3.8, 4) is 11.8 Å². The molecule has 0 heterocycles. The van der Waals surface area contributed by atoms with Gasteiger partial charge in [-0.2, -0.15) is 0 Å². The van der Waals surface area contributed by atoms with Crippen LogP contribution in [0.2, 0.25) is 5.02 Å². The smallest absolute Gasteiger partial charge is 0.226 e. The maximum absolute atomic E-state index is 12.7. The third-order valence-corrected chi connectivity index (χ3v) is 4.56. The van der Waals surface area contributed by atoms with Gasteiger partial charge in [0.1, 0.15) is 0 Å². The number of amides is 1. The Morgan fingerprint density at radius 2 is 1.52 bits per heavy atom. The number of anilines is 1. The molecule has 0 saturated carbocycles. The highest BCUT2D eigenvalue weighted by molar-refractivity contribution is 6.30. The molecule has 1 atom stereocenters. The van der Waals surface area contributed by atoms with E-state index >= 15 is 0 Å². The van der Waals surface area contributed by atoms with E-state index in [1.165, 1.54) is 0 Å². The van der Waals surface area contributed by atoms with Gasteiger partial charge in [-0.15, -0.1) is 0 Å².